The van der Waals surface area contributed by atoms with Crippen LogP contribution in [0.1, 0.15) is 39.5 Å². The van der Waals surface area contributed by atoms with Crippen LogP contribution >= 0.6 is 0 Å². The maximum Gasteiger partial charge on any atom is 0.329 e. The van der Waals surface area contributed by atoms with Crippen LogP contribution in [0.3, 0.4) is 0 Å². The van der Waals surface area contributed by atoms with E-state index in [1.807, 2.05) is 9.80 Å². The molecule has 0 aliphatic carbocycles. The number of carboxylic acid groups (broad SMARTS) is 1. The van der Waals surface area contributed by atoms with Gasteiger partial charge in [0.15, 0.2) is 0 Å². The molecule has 0 bridgehead atoms. The summed E-state index contributed by atoms with van der Waals surface area (Å²) in [7, 11) is 0. The first-order valence-electron chi connectivity index (χ1n) is 7.45. The second-order valence-corrected chi connectivity index (χ2v) is 5.16. The van der Waals surface area contributed by atoms with Gasteiger partial charge in [0.2, 0.25) is 0 Å². The molecule has 0 atom stereocenters. The zero-order valence-corrected chi connectivity index (χ0v) is 12.5. The average Bonchev–Trinajstić information content (AvgIpc) is 2.44. The lowest BCUT2D eigenvalue weighted by Gasteiger charge is -2.35. The SMILES string of the molecule is CCCN(CCC)C(=O)N1CCC(OCC(=O)O)CC1. The molecule has 0 aromatic rings. The number of hydrogen-bond acceptors (Lipinski definition) is 3. The van der Waals surface area contributed by atoms with Crippen molar-refractivity contribution in [3.8, 4) is 0 Å². The summed E-state index contributed by atoms with van der Waals surface area (Å²) in [5.74, 6) is -0.944. The van der Waals surface area contributed by atoms with Crippen molar-refractivity contribution >= 4 is 12.0 Å². The highest BCUT2D eigenvalue weighted by Gasteiger charge is 2.26. The van der Waals surface area contributed by atoms with E-state index in [1.165, 1.54) is 0 Å². The van der Waals surface area contributed by atoms with Gasteiger partial charge in [0.05, 0.1) is 6.10 Å². The Morgan fingerprint density at radius 3 is 2.20 bits per heavy atom. The van der Waals surface area contributed by atoms with E-state index in [4.69, 9.17) is 9.84 Å². The Hall–Kier alpha value is -1.30. The van der Waals surface area contributed by atoms with Crippen LogP contribution in [0, 0.1) is 0 Å². The van der Waals surface area contributed by atoms with Crippen molar-refractivity contribution in [3.63, 3.8) is 0 Å². The number of ether oxygens (including phenoxy) is 1. The molecule has 0 spiro atoms. The van der Waals surface area contributed by atoms with E-state index in [1.54, 1.807) is 0 Å². The van der Waals surface area contributed by atoms with E-state index in [9.17, 15) is 9.59 Å². The molecule has 1 heterocycles. The molecule has 1 aliphatic rings. The summed E-state index contributed by atoms with van der Waals surface area (Å²) in [5, 5.41) is 8.58. The molecule has 20 heavy (non-hydrogen) atoms. The Morgan fingerprint density at radius 2 is 1.75 bits per heavy atom. The Bertz CT molecular complexity index is 308. The van der Waals surface area contributed by atoms with Crippen LogP contribution in [0.5, 0.6) is 0 Å². The molecule has 0 aromatic heterocycles. The highest BCUT2D eigenvalue weighted by molar-refractivity contribution is 5.74. The minimum absolute atomic E-state index is 0.0408. The lowest BCUT2D eigenvalue weighted by Crippen LogP contribution is -2.48. The van der Waals surface area contributed by atoms with Crippen LogP contribution in [0.4, 0.5) is 4.79 Å². The fraction of sp³-hybridized carbons (Fsp3) is 0.857. The summed E-state index contributed by atoms with van der Waals surface area (Å²) < 4.78 is 5.28. The molecular formula is C14H26N2O4. The monoisotopic (exact) mass is 286 g/mol. The van der Waals surface area contributed by atoms with E-state index in [-0.39, 0.29) is 18.7 Å². The molecule has 0 radical (unpaired) electrons. The number of likely N-dealkylation sites (tertiary alicyclic amines) is 1. The van der Waals surface area contributed by atoms with Crippen LogP contribution in [0.25, 0.3) is 0 Å². The molecule has 1 fully saturated rings. The van der Waals surface area contributed by atoms with Crippen molar-refractivity contribution in [2.45, 2.75) is 45.6 Å². The van der Waals surface area contributed by atoms with Gasteiger partial charge in [0.25, 0.3) is 0 Å². The van der Waals surface area contributed by atoms with Gasteiger partial charge in [-0.1, -0.05) is 13.8 Å². The third kappa shape index (κ3) is 5.36. The Balaban J connectivity index is 2.39. The maximum atomic E-state index is 12.4. The zero-order valence-electron chi connectivity index (χ0n) is 12.5. The van der Waals surface area contributed by atoms with Crippen LogP contribution in [0.15, 0.2) is 0 Å². The molecule has 1 saturated heterocycles. The molecule has 6 heteroatoms. The first kappa shape index (κ1) is 16.8. The van der Waals surface area contributed by atoms with E-state index in [0.29, 0.717) is 25.9 Å². The van der Waals surface area contributed by atoms with Gasteiger partial charge in [0.1, 0.15) is 6.61 Å². The molecule has 6 nitrogen and oxygen atoms in total. The van der Waals surface area contributed by atoms with E-state index < -0.39 is 5.97 Å². The number of carbonyl (C=O) groups is 2. The quantitative estimate of drug-likeness (QED) is 0.774. The Kier molecular flexibility index (Phi) is 7.36. The number of carbonyl (C=O) groups excluding carboxylic acids is 1. The number of carboxylic acids is 1. The fourth-order valence-corrected chi connectivity index (χ4v) is 2.45. The van der Waals surface area contributed by atoms with Crippen molar-refractivity contribution in [1.29, 1.82) is 0 Å². The third-order valence-electron chi connectivity index (χ3n) is 3.41. The van der Waals surface area contributed by atoms with Gasteiger partial charge in [-0.25, -0.2) is 9.59 Å². The summed E-state index contributed by atoms with van der Waals surface area (Å²) in [5.41, 5.74) is 0. The standard InChI is InChI=1S/C14H26N2O4/c1-3-7-15(8-4-2)14(19)16-9-5-12(6-10-16)20-11-13(17)18/h12H,3-11H2,1-2H3,(H,17,18). The molecule has 116 valence electrons. The summed E-state index contributed by atoms with van der Waals surface area (Å²) in [6, 6.07) is 0.102. The highest BCUT2D eigenvalue weighted by atomic mass is 16.5. The van der Waals surface area contributed by atoms with Gasteiger partial charge in [0, 0.05) is 26.2 Å². The van der Waals surface area contributed by atoms with Gasteiger partial charge in [-0.3, -0.25) is 0 Å². The second kappa shape index (κ2) is 8.79. The number of urea groups is 1. The predicted molar refractivity (Wildman–Crippen MR) is 75.7 cm³/mol. The van der Waals surface area contributed by atoms with Crippen molar-refractivity contribution in [1.82, 2.24) is 9.80 Å². The molecule has 1 rings (SSSR count). The Morgan fingerprint density at radius 1 is 1.20 bits per heavy atom. The first-order valence-corrected chi connectivity index (χ1v) is 7.45. The molecule has 0 unspecified atom stereocenters. The lowest BCUT2D eigenvalue weighted by molar-refractivity contribution is -0.145. The first-order chi connectivity index (χ1) is 9.58. The highest BCUT2D eigenvalue weighted by Crippen LogP contribution is 2.15. The van der Waals surface area contributed by atoms with Crippen LogP contribution in [-0.4, -0.2) is 65.8 Å². The van der Waals surface area contributed by atoms with Gasteiger partial charge in [-0.15, -0.1) is 0 Å². The van der Waals surface area contributed by atoms with E-state index in [2.05, 4.69) is 13.8 Å². The topological polar surface area (TPSA) is 70.1 Å². The van der Waals surface area contributed by atoms with Crippen molar-refractivity contribution in [3.05, 3.63) is 0 Å². The summed E-state index contributed by atoms with van der Waals surface area (Å²) in [6.45, 7) is 6.77. The molecule has 1 aliphatic heterocycles. The van der Waals surface area contributed by atoms with E-state index in [0.717, 1.165) is 25.9 Å². The largest absolute Gasteiger partial charge is 0.480 e. The van der Waals surface area contributed by atoms with Crippen molar-refractivity contribution in [2.24, 2.45) is 0 Å². The maximum absolute atomic E-state index is 12.4. The predicted octanol–water partition coefficient (Wildman–Crippen LogP) is 1.79. The van der Waals surface area contributed by atoms with Crippen molar-refractivity contribution < 1.29 is 19.4 Å². The summed E-state index contributed by atoms with van der Waals surface area (Å²) in [4.78, 5) is 26.6. The molecular weight excluding hydrogens is 260 g/mol. The van der Waals surface area contributed by atoms with Gasteiger partial charge in [-0.05, 0) is 25.7 Å². The van der Waals surface area contributed by atoms with E-state index >= 15 is 0 Å². The smallest absolute Gasteiger partial charge is 0.329 e. The number of rotatable bonds is 7. The summed E-state index contributed by atoms with van der Waals surface area (Å²) >= 11 is 0. The van der Waals surface area contributed by atoms with Crippen LogP contribution < -0.4 is 0 Å². The number of hydrogen-bond donors (Lipinski definition) is 1. The number of nitrogens with zero attached hydrogens (tertiary/aromatic N) is 2. The molecule has 0 saturated carbocycles. The molecule has 2 amide bonds. The van der Waals surface area contributed by atoms with Crippen LogP contribution in [-0.2, 0) is 9.53 Å². The van der Waals surface area contributed by atoms with Crippen LogP contribution in [0.2, 0.25) is 0 Å². The number of aliphatic carboxylic acids is 1. The van der Waals surface area contributed by atoms with Gasteiger partial charge >= 0.3 is 12.0 Å². The minimum Gasteiger partial charge on any atom is -0.480 e. The lowest BCUT2D eigenvalue weighted by atomic mass is 10.1. The van der Waals surface area contributed by atoms with Gasteiger partial charge in [-0.2, -0.15) is 0 Å². The van der Waals surface area contributed by atoms with Crippen molar-refractivity contribution in [2.75, 3.05) is 32.8 Å². The third-order valence-corrected chi connectivity index (χ3v) is 3.41. The minimum atomic E-state index is -0.944. The number of piperidine rings is 1. The number of amides is 2. The second-order valence-electron chi connectivity index (χ2n) is 5.16. The molecule has 0 aromatic carbocycles. The zero-order chi connectivity index (χ0) is 15.0. The molecule has 1 N–H and O–H groups in total. The normalized spacial score (nSPS) is 16.2. The van der Waals surface area contributed by atoms with Gasteiger partial charge < -0.3 is 19.6 Å². The fourth-order valence-electron chi connectivity index (χ4n) is 2.45. The Labute approximate surface area is 120 Å². The summed E-state index contributed by atoms with van der Waals surface area (Å²) in [6.07, 6.45) is 3.31. The average molecular weight is 286 g/mol.